The van der Waals surface area contributed by atoms with Gasteiger partial charge in [0.1, 0.15) is 0 Å². The number of ketones is 1. The van der Waals surface area contributed by atoms with Gasteiger partial charge in [0.15, 0.2) is 5.57 Å². The fraction of sp³-hybridized carbons (Fsp3) is 0.455. The van der Waals surface area contributed by atoms with Crippen molar-refractivity contribution in [1.82, 2.24) is 0 Å². The lowest BCUT2D eigenvalue weighted by Crippen LogP contribution is -2.14. The number of allylic oxidation sites excluding steroid dienone is 1. The van der Waals surface area contributed by atoms with E-state index < -0.39 is 11.6 Å². The van der Waals surface area contributed by atoms with Gasteiger partial charge in [-0.05, 0) is 13.8 Å². The summed E-state index contributed by atoms with van der Waals surface area (Å²) in [5.74, 6) is 0.504. The van der Waals surface area contributed by atoms with Crippen LogP contribution in [0.25, 0.3) is 0 Å². The topological polar surface area (TPSA) is 57.8 Å². The lowest BCUT2D eigenvalue weighted by atomic mass is 10.1. The highest BCUT2D eigenvalue weighted by atomic mass is 16.5. The van der Waals surface area contributed by atoms with Crippen molar-refractivity contribution in [3.63, 3.8) is 0 Å². The third kappa shape index (κ3) is 3.02. The van der Waals surface area contributed by atoms with Gasteiger partial charge in [0.25, 0.3) is 0 Å². The molecular weight excluding hydrogens is 196 g/mol. The van der Waals surface area contributed by atoms with Crippen molar-refractivity contribution in [3.05, 3.63) is 23.5 Å². The average Bonchev–Trinajstić information content (AvgIpc) is 2.42. The standard InChI is InChI=1S/C11H15O4/c1-7-9(10(12)14-4)5-8(15-7)6-11(2,3)13/h5-6,13H,1-4H3/q+1/b8-6+. The molecule has 0 aliphatic carbocycles. The monoisotopic (exact) mass is 211 g/mol. The molecule has 0 atom stereocenters. The van der Waals surface area contributed by atoms with Gasteiger partial charge < -0.3 is 9.84 Å². The molecular formula is C11H15O4+. The first-order chi connectivity index (χ1) is 6.83. The molecule has 1 heterocycles. The van der Waals surface area contributed by atoms with Crippen molar-refractivity contribution in [2.75, 3.05) is 7.11 Å². The van der Waals surface area contributed by atoms with Crippen molar-refractivity contribution < 1.29 is 19.1 Å². The fourth-order valence-corrected chi connectivity index (χ4v) is 1.24. The summed E-state index contributed by atoms with van der Waals surface area (Å²) in [6.45, 7) is 4.93. The van der Waals surface area contributed by atoms with Crippen molar-refractivity contribution >= 4 is 11.8 Å². The number of aliphatic hydroxyl groups is 1. The Morgan fingerprint density at radius 3 is 2.67 bits per heavy atom. The molecule has 4 heteroatoms. The lowest BCUT2D eigenvalue weighted by molar-refractivity contribution is -0.387. The number of methoxy groups -OCH3 is 1. The summed E-state index contributed by atoms with van der Waals surface area (Å²) in [4.78, 5) is 11.3. The van der Waals surface area contributed by atoms with Crippen LogP contribution in [0, 0.1) is 0 Å². The van der Waals surface area contributed by atoms with E-state index in [2.05, 4.69) is 4.74 Å². The zero-order valence-corrected chi connectivity index (χ0v) is 9.33. The highest BCUT2D eigenvalue weighted by molar-refractivity contribution is 6.17. The number of ether oxygens (including phenoxy) is 1. The number of carbonyl (C=O) groups is 1. The average molecular weight is 211 g/mol. The Labute approximate surface area is 88.6 Å². The molecule has 15 heavy (non-hydrogen) atoms. The van der Waals surface area contributed by atoms with E-state index in [9.17, 15) is 9.90 Å². The van der Waals surface area contributed by atoms with E-state index in [4.69, 9.17) is 4.42 Å². The van der Waals surface area contributed by atoms with Crippen LogP contribution in [0.1, 0.15) is 20.8 Å². The maximum atomic E-state index is 11.3. The van der Waals surface area contributed by atoms with Crippen LogP contribution in [0.3, 0.4) is 0 Å². The largest absolute Gasteiger partial charge is 0.465 e. The lowest BCUT2D eigenvalue weighted by Gasteiger charge is -2.07. The Hall–Kier alpha value is -1.42. The van der Waals surface area contributed by atoms with E-state index >= 15 is 0 Å². The Morgan fingerprint density at radius 1 is 1.60 bits per heavy atom. The summed E-state index contributed by atoms with van der Waals surface area (Å²) in [7, 11) is 1.31. The third-order valence-electron chi connectivity index (χ3n) is 1.84. The molecule has 0 radical (unpaired) electrons. The predicted molar refractivity (Wildman–Crippen MR) is 55.2 cm³/mol. The zero-order valence-electron chi connectivity index (χ0n) is 9.33. The molecule has 0 saturated heterocycles. The normalized spacial score (nSPS) is 18.9. The zero-order chi connectivity index (χ0) is 11.6. The molecule has 0 fully saturated rings. The van der Waals surface area contributed by atoms with E-state index in [-0.39, 0.29) is 0 Å². The predicted octanol–water partition coefficient (Wildman–Crippen LogP) is 0.879. The molecule has 0 bridgehead atoms. The third-order valence-corrected chi connectivity index (χ3v) is 1.84. The van der Waals surface area contributed by atoms with Gasteiger partial charge in [0.05, 0.1) is 31.8 Å². The smallest absolute Gasteiger partial charge is 0.353 e. The second kappa shape index (κ2) is 3.98. The van der Waals surface area contributed by atoms with Crippen LogP contribution in [0.2, 0.25) is 0 Å². The summed E-state index contributed by atoms with van der Waals surface area (Å²) < 4.78 is 9.88. The first-order valence-electron chi connectivity index (χ1n) is 4.60. The van der Waals surface area contributed by atoms with Crippen LogP contribution in [0.15, 0.2) is 23.5 Å². The second-order valence-electron chi connectivity index (χ2n) is 3.91. The summed E-state index contributed by atoms with van der Waals surface area (Å²) >= 11 is 0. The van der Waals surface area contributed by atoms with Gasteiger partial charge in [0, 0.05) is 0 Å². The van der Waals surface area contributed by atoms with Crippen LogP contribution < -0.4 is 0 Å². The minimum absolute atomic E-state index is 0.382. The SMILES string of the molecule is COC(=O)C1=C/C(=C\C(C)(C)O)[O+]=C1C. The van der Waals surface area contributed by atoms with Crippen LogP contribution >= 0.6 is 0 Å². The molecule has 1 aliphatic rings. The van der Waals surface area contributed by atoms with Crippen molar-refractivity contribution in [2.24, 2.45) is 0 Å². The van der Waals surface area contributed by atoms with Gasteiger partial charge in [-0.1, -0.05) is 0 Å². The summed E-state index contributed by atoms with van der Waals surface area (Å²) in [6, 6.07) is 0. The molecule has 1 aliphatic heterocycles. The number of esters is 1. The second-order valence-corrected chi connectivity index (χ2v) is 3.91. The van der Waals surface area contributed by atoms with Gasteiger partial charge in [-0.2, -0.15) is 0 Å². The highest BCUT2D eigenvalue weighted by Gasteiger charge is 2.32. The number of hydrogen-bond donors (Lipinski definition) is 1. The molecule has 0 saturated carbocycles. The van der Waals surface area contributed by atoms with Gasteiger partial charge >= 0.3 is 17.5 Å². The van der Waals surface area contributed by atoms with E-state index in [1.54, 1.807) is 26.8 Å². The molecule has 0 aromatic carbocycles. The molecule has 0 unspecified atom stereocenters. The first-order valence-corrected chi connectivity index (χ1v) is 4.60. The molecule has 4 nitrogen and oxygen atoms in total. The van der Waals surface area contributed by atoms with Gasteiger partial charge in [-0.15, -0.1) is 0 Å². The summed E-state index contributed by atoms with van der Waals surface area (Å²) in [5.41, 5.74) is -0.592. The molecule has 0 spiro atoms. The minimum atomic E-state index is -0.975. The van der Waals surface area contributed by atoms with Gasteiger partial charge in [-0.25, -0.2) is 9.22 Å². The molecule has 82 valence electrons. The van der Waals surface area contributed by atoms with Crippen molar-refractivity contribution in [3.8, 4) is 0 Å². The van der Waals surface area contributed by atoms with Crippen LogP contribution in [-0.2, 0) is 14.0 Å². The van der Waals surface area contributed by atoms with E-state index in [0.717, 1.165) is 0 Å². The van der Waals surface area contributed by atoms with E-state index in [0.29, 0.717) is 17.1 Å². The number of rotatable bonds is 2. The van der Waals surface area contributed by atoms with Crippen LogP contribution in [-0.4, -0.2) is 29.6 Å². The maximum absolute atomic E-state index is 11.3. The van der Waals surface area contributed by atoms with Crippen LogP contribution in [0.4, 0.5) is 0 Å². The molecule has 1 N–H and O–H groups in total. The Morgan fingerprint density at radius 2 is 2.20 bits per heavy atom. The number of carbonyl (C=O) groups excluding carboxylic acids is 2. The fourth-order valence-electron chi connectivity index (χ4n) is 1.24. The van der Waals surface area contributed by atoms with Gasteiger partial charge in [0.2, 0.25) is 0 Å². The minimum Gasteiger partial charge on any atom is -0.465 e. The van der Waals surface area contributed by atoms with Gasteiger partial charge in [-0.3, -0.25) is 0 Å². The number of hydrogen-bond acceptors (Lipinski definition) is 3. The van der Waals surface area contributed by atoms with E-state index in [1.165, 1.54) is 13.2 Å². The molecule has 0 aromatic rings. The maximum Gasteiger partial charge on any atom is 0.353 e. The van der Waals surface area contributed by atoms with Crippen LogP contribution in [0.5, 0.6) is 0 Å². The van der Waals surface area contributed by atoms with Crippen molar-refractivity contribution in [2.45, 2.75) is 26.4 Å². The summed E-state index contributed by atoms with van der Waals surface area (Å²) in [6.07, 6.45) is 3.09. The Kier molecular flexibility index (Phi) is 3.09. The molecule has 0 amide bonds. The Bertz CT molecular complexity index is 367. The molecule has 1 rings (SSSR count). The molecule has 0 aromatic heterocycles. The highest BCUT2D eigenvalue weighted by Crippen LogP contribution is 2.17. The quantitative estimate of drug-likeness (QED) is 0.419. The first kappa shape index (κ1) is 11.7. The Balaban J connectivity index is 2.99. The summed E-state index contributed by atoms with van der Waals surface area (Å²) in [5, 5.41) is 9.54. The van der Waals surface area contributed by atoms with E-state index in [1.807, 2.05) is 0 Å². The van der Waals surface area contributed by atoms with Crippen molar-refractivity contribution in [1.29, 1.82) is 0 Å².